The zero-order valence-corrected chi connectivity index (χ0v) is 11.9. The predicted octanol–water partition coefficient (Wildman–Crippen LogP) is 1.50. The van der Waals surface area contributed by atoms with Gasteiger partial charge in [0.1, 0.15) is 5.56 Å². The van der Waals surface area contributed by atoms with Gasteiger partial charge in [-0.2, -0.15) is 0 Å². The number of hydrogen-bond acceptors (Lipinski definition) is 4. The molecule has 1 aliphatic rings. The highest BCUT2D eigenvalue weighted by Gasteiger charge is 2.29. The van der Waals surface area contributed by atoms with Crippen molar-refractivity contribution in [3.05, 3.63) is 38.9 Å². The van der Waals surface area contributed by atoms with Crippen molar-refractivity contribution in [1.29, 1.82) is 0 Å². The maximum Gasteiger partial charge on any atom is 0.282 e. The maximum atomic E-state index is 11.9. The van der Waals surface area contributed by atoms with Crippen molar-refractivity contribution in [3.8, 4) is 0 Å². The van der Waals surface area contributed by atoms with E-state index in [-0.39, 0.29) is 41.2 Å². The zero-order valence-electron chi connectivity index (χ0n) is 11.1. The first-order valence-corrected chi connectivity index (χ1v) is 6.86. The molecule has 21 heavy (non-hydrogen) atoms. The Morgan fingerprint density at radius 2 is 1.95 bits per heavy atom. The largest absolute Gasteiger partial charge is 0.354 e. The topological polar surface area (TPSA) is 101 Å². The average molecular weight is 312 g/mol. The van der Waals surface area contributed by atoms with Crippen molar-refractivity contribution < 1.29 is 14.5 Å². The van der Waals surface area contributed by atoms with Crippen LogP contribution in [0.1, 0.15) is 23.2 Å². The monoisotopic (exact) mass is 311 g/mol. The number of rotatable bonds is 6. The third-order valence-corrected chi connectivity index (χ3v) is 3.29. The molecule has 7 nitrogen and oxygen atoms in total. The highest BCUT2D eigenvalue weighted by atomic mass is 35.5. The van der Waals surface area contributed by atoms with Gasteiger partial charge in [0.15, 0.2) is 0 Å². The first-order valence-electron chi connectivity index (χ1n) is 6.49. The summed E-state index contributed by atoms with van der Waals surface area (Å²) in [5.74, 6) is -0.502. The Hall–Kier alpha value is -2.15. The summed E-state index contributed by atoms with van der Waals surface area (Å²) in [6, 6.07) is 3.79. The van der Waals surface area contributed by atoms with Gasteiger partial charge in [-0.25, -0.2) is 0 Å². The quantitative estimate of drug-likeness (QED) is 0.472. The Morgan fingerprint density at radius 3 is 2.57 bits per heavy atom. The fraction of sp³-hybridized carbons (Fsp3) is 0.385. The molecule has 0 radical (unpaired) electrons. The summed E-state index contributed by atoms with van der Waals surface area (Å²) in [5, 5.41) is 16.3. The number of benzene rings is 1. The standard InChI is InChI=1S/C13H14ClN3O4/c14-9-3-4-11(17(20)21)10(7-9)13(19)16-6-5-15-12(18)8-1-2-8/h3-4,7-8H,1-2,5-6H2,(H,15,18)(H,16,19). The molecule has 0 aromatic heterocycles. The van der Waals surface area contributed by atoms with Gasteiger partial charge in [-0.05, 0) is 25.0 Å². The van der Waals surface area contributed by atoms with Crippen LogP contribution in [0.25, 0.3) is 0 Å². The van der Waals surface area contributed by atoms with Crippen molar-refractivity contribution in [2.75, 3.05) is 13.1 Å². The summed E-state index contributed by atoms with van der Waals surface area (Å²) in [5.41, 5.74) is -0.403. The van der Waals surface area contributed by atoms with Crippen LogP contribution in [0.4, 0.5) is 5.69 Å². The van der Waals surface area contributed by atoms with Gasteiger partial charge >= 0.3 is 0 Å². The highest BCUT2D eigenvalue weighted by molar-refractivity contribution is 6.31. The number of hydrogen-bond donors (Lipinski definition) is 2. The van der Waals surface area contributed by atoms with Crippen molar-refractivity contribution >= 4 is 29.1 Å². The molecule has 1 aromatic rings. The van der Waals surface area contributed by atoms with Crippen LogP contribution >= 0.6 is 11.6 Å². The zero-order chi connectivity index (χ0) is 15.4. The molecule has 2 N–H and O–H groups in total. The molecule has 0 heterocycles. The van der Waals surface area contributed by atoms with Gasteiger partial charge in [0.2, 0.25) is 5.91 Å². The van der Waals surface area contributed by atoms with Crippen molar-refractivity contribution in [3.63, 3.8) is 0 Å². The third-order valence-electron chi connectivity index (χ3n) is 3.06. The van der Waals surface area contributed by atoms with Gasteiger partial charge in [0, 0.05) is 30.1 Å². The van der Waals surface area contributed by atoms with E-state index in [1.54, 1.807) is 0 Å². The molecule has 0 saturated heterocycles. The van der Waals surface area contributed by atoms with Gasteiger partial charge in [0.05, 0.1) is 4.92 Å². The summed E-state index contributed by atoms with van der Waals surface area (Å²) in [7, 11) is 0. The molecule has 0 unspecified atom stereocenters. The molecule has 1 aromatic carbocycles. The summed E-state index contributed by atoms with van der Waals surface area (Å²) in [6.07, 6.45) is 1.82. The SMILES string of the molecule is O=C(NCCNC(=O)C1CC1)c1cc(Cl)ccc1[N+](=O)[O-]. The summed E-state index contributed by atoms with van der Waals surface area (Å²) in [6.45, 7) is 0.483. The molecule has 0 bridgehead atoms. The van der Waals surface area contributed by atoms with Crippen molar-refractivity contribution in [2.45, 2.75) is 12.8 Å². The molecule has 1 aliphatic carbocycles. The Balaban J connectivity index is 1.89. The Bertz CT molecular complexity index is 587. The molecule has 0 spiro atoms. The minimum absolute atomic E-state index is 0.0158. The van der Waals surface area contributed by atoms with E-state index >= 15 is 0 Å². The van der Waals surface area contributed by atoms with Crippen LogP contribution < -0.4 is 10.6 Å². The molecule has 112 valence electrons. The van der Waals surface area contributed by atoms with E-state index in [0.29, 0.717) is 0 Å². The number of carbonyl (C=O) groups excluding carboxylic acids is 2. The van der Waals surface area contributed by atoms with Gasteiger partial charge in [0.25, 0.3) is 11.6 Å². The van der Waals surface area contributed by atoms with Crippen LogP contribution in [0.15, 0.2) is 18.2 Å². The summed E-state index contributed by atoms with van der Waals surface area (Å²) in [4.78, 5) is 33.5. The molecule has 8 heteroatoms. The second kappa shape index (κ2) is 6.53. The van der Waals surface area contributed by atoms with Crippen molar-refractivity contribution in [2.24, 2.45) is 5.92 Å². The van der Waals surface area contributed by atoms with E-state index in [1.807, 2.05) is 0 Å². The number of nitrogens with one attached hydrogen (secondary N) is 2. The molecular formula is C13H14ClN3O4. The van der Waals surface area contributed by atoms with Crippen LogP contribution in [0.3, 0.4) is 0 Å². The third kappa shape index (κ3) is 4.16. The van der Waals surface area contributed by atoms with Gasteiger partial charge in [-0.15, -0.1) is 0 Å². The fourth-order valence-electron chi connectivity index (χ4n) is 1.80. The highest BCUT2D eigenvalue weighted by Crippen LogP contribution is 2.28. The van der Waals surface area contributed by atoms with Crippen LogP contribution in [0.5, 0.6) is 0 Å². The molecule has 0 aliphatic heterocycles. The first-order chi connectivity index (χ1) is 9.99. The Labute approximate surface area is 125 Å². The molecule has 0 atom stereocenters. The van der Waals surface area contributed by atoms with E-state index in [2.05, 4.69) is 10.6 Å². The lowest BCUT2D eigenvalue weighted by Crippen LogP contribution is -2.35. The van der Waals surface area contributed by atoms with E-state index in [9.17, 15) is 19.7 Å². The maximum absolute atomic E-state index is 11.9. The minimum Gasteiger partial charge on any atom is -0.354 e. The van der Waals surface area contributed by atoms with Gasteiger partial charge in [-0.3, -0.25) is 19.7 Å². The van der Waals surface area contributed by atoms with Gasteiger partial charge < -0.3 is 10.6 Å². The molecule has 1 saturated carbocycles. The normalized spacial score (nSPS) is 13.6. The van der Waals surface area contributed by atoms with E-state index in [4.69, 9.17) is 11.6 Å². The number of amides is 2. The molecule has 1 fully saturated rings. The number of nitro groups is 1. The van der Waals surface area contributed by atoms with E-state index < -0.39 is 10.8 Å². The number of nitro benzene ring substituents is 1. The number of carbonyl (C=O) groups is 2. The lowest BCUT2D eigenvalue weighted by atomic mass is 10.1. The van der Waals surface area contributed by atoms with Crippen LogP contribution in [-0.2, 0) is 4.79 Å². The second-order valence-corrected chi connectivity index (χ2v) is 5.18. The summed E-state index contributed by atoms with van der Waals surface area (Å²) < 4.78 is 0. The number of nitrogens with zero attached hydrogens (tertiary/aromatic N) is 1. The lowest BCUT2D eigenvalue weighted by Gasteiger charge is -2.07. The first kappa shape index (κ1) is 15.2. The van der Waals surface area contributed by atoms with E-state index in [1.165, 1.54) is 18.2 Å². The van der Waals surface area contributed by atoms with Gasteiger partial charge in [-0.1, -0.05) is 11.6 Å². The van der Waals surface area contributed by atoms with Crippen LogP contribution in [0, 0.1) is 16.0 Å². The van der Waals surface area contributed by atoms with E-state index in [0.717, 1.165) is 12.8 Å². The number of halogens is 1. The predicted molar refractivity (Wildman–Crippen MR) is 76.2 cm³/mol. The molecule has 2 rings (SSSR count). The summed E-state index contributed by atoms with van der Waals surface area (Å²) >= 11 is 5.75. The Kier molecular flexibility index (Phi) is 4.74. The molecular weight excluding hydrogens is 298 g/mol. The smallest absolute Gasteiger partial charge is 0.282 e. The van der Waals surface area contributed by atoms with Crippen LogP contribution in [0.2, 0.25) is 5.02 Å². The minimum atomic E-state index is -0.639. The van der Waals surface area contributed by atoms with Crippen LogP contribution in [-0.4, -0.2) is 29.8 Å². The molecule has 2 amide bonds. The second-order valence-electron chi connectivity index (χ2n) is 4.74. The lowest BCUT2D eigenvalue weighted by molar-refractivity contribution is -0.385. The van der Waals surface area contributed by atoms with Crippen molar-refractivity contribution in [1.82, 2.24) is 10.6 Å². The fourth-order valence-corrected chi connectivity index (χ4v) is 1.97. The Morgan fingerprint density at radius 1 is 1.29 bits per heavy atom. The average Bonchev–Trinajstić information content (AvgIpc) is 3.27.